The first-order valence-electron chi connectivity index (χ1n) is 15.5. The summed E-state index contributed by atoms with van der Waals surface area (Å²) < 4.78 is 13.0. The Bertz CT molecular complexity index is 1850. The Kier molecular flexibility index (Phi) is 9.11. The van der Waals surface area contributed by atoms with E-state index in [0.29, 0.717) is 68.0 Å². The highest BCUT2D eigenvalue weighted by Gasteiger charge is 2.27. The van der Waals surface area contributed by atoms with E-state index in [1.807, 2.05) is 41.3 Å². The summed E-state index contributed by atoms with van der Waals surface area (Å²) in [5, 5.41) is 16.4. The Morgan fingerprint density at radius 3 is 2.49 bits per heavy atom. The lowest BCUT2D eigenvalue weighted by Gasteiger charge is -2.36. The Morgan fingerprint density at radius 2 is 1.79 bits per heavy atom. The van der Waals surface area contributed by atoms with Crippen molar-refractivity contribution in [1.29, 1.82) is 0 Å². The van der Waals surface area contributed by atoms with Gasteiger partial charge in [0.25, 0.3) is 5.56 Å². The maximum atomic E-state index is 13.1. The maximum absolute atomic E-state index is 13.1. The average molecular weight is 643 g/mol. The summed E-state index contributed by atoms with van der Waals surface area (Å²) in [6.45, 7) is 3.00. The number of methoxy groups -OCH3 is 2. The molecule has 1 atom stereocenters. The molecular formula is C33H38N8O6. The Labute approximate surface area is 271 Å². The molecule has 0 radical (unpaired) electrons. The van der Waals surface area contributed by atoms with Gasteiger partial charge in [-0.2, -0.15) is 5.10 Å². The number of piperidine rings is 1. The van der Waals surface area contributed by atoms with Crippen LogP contribution >= 0.6 is 0 Å². The van der Waals surface area contributed by atoms with E-state index in [0.717, 1.165) is 28.1 Å². The first kappa shape index (κ1) is 31.6. The number of nitrogens with zero attached hydrogens (tertiary/aromatic N) is 4. The van der Waals surface area contributed by atoms with Crippen LogP contribution in [0.4, 0.5) is 11.4 Å². The zero-order valence-corrected chi connectivity index (χ0v) is 26.6. The molecule has 3 amide bonds. The van der Waals surface area contributed by atoms with Crippen LogP contribution in [0, 0.1) is 0 Å². The van der Waals surface area contributed by atoms with Crippen LogP contribution in [0.5, 0.6) is 11.5 Å². The molecule has 0 bridgehead atoms. The summed E-state index contributed by atoms with van der Waals surface area (Å²) in [5.41, 5.74) is 4.44. The van der Waals surface area contributed by atoms with E-state index in [1.54, 1.807) is 33.7 Å². The molecule has 0 aliphatic carbocycles. The highest BCUT2D eigenvalue weighted by molar-refractivity contribution is 6.01. The zero-order chi connectivity index (χ0) is 33.1. The van der Waals surface area contributed by atoms with Crippen molar-refractivity contribution in [3.05, 3.63) is 64.7 Å². The number of H-pyrrole nitrogens is 1. The zero-order valence-electron chi connectivity index (χ0n) is 26.6. The molecular weight excluding hydrogens is 604 g/mol. The fourth-order valence-electron chi connectivity index (χ4n) is 6.14. The van der Waals surface area contributed by atoms with Crippen molar-refractivity contribution < 1.29 is 23.9 Å². The van der Waals surface area contributed by atoms with Crippen LogP contribution < -0.4 is 35.9 Å². The maximum Gasteiger partial charge on any atom is 0.276 e. The number of piperazine rings is 1. The minimum absolute atomic E-state index is 0.0000296. The van der Waals surface area contributed by atoms with E-state index >= 15 is 0 Å². The van der Waals surface area contributed by atoms with Crippen molar-refractivity contribution in [3.63, 3.8) is 0 Å². The van der Waals surface area contributed by atoms with Gasteiger partial charge in [-0.1, -0.05) is 6.07 Å². The minimum atomic E-state index is -0.448. The highest BCUT2D eigenvalue weighted by Crippen LogP contribution is 2.37. The number of carbonyl (C=O) groups excluding carboxylic acids is 3. The number of imide groups is 1. The molecule has 14 heteroatoms. The van der Waals surface area contributed by atoms with Crippen molar-refractivity contribution in [1.82, 2.24) is 30.3 Å². The van der Waals surface area contributed by atoms with Crippen LogP contribution in [0.2, 0.25) is 0 Å². The standard InChI is InChI=1S/C33H38N8O6/c1-39-19-25(23-17-35-38-31(23)33(39)45)20-13-27(46-2)24(28(14-20)47-3)16-34-18-30(43)41-11-9-40(10-12-41)22-6-4-5-21(15-22)36-26-7-8-29(42)37-32(26)44/h4-6,13-15,17,19,26,34,36H,7-12,16,18H2,1-3H3,(H,35,38)(H,37,42,44). The number of aryl methyl sites for hydroxylation is 1. The molecule has 2 aliphatic heterocycles. The van der Waals surface area contributed by atoms with E-state index in [9.17, 15) is 19.2 Å². The first-order chi connectivity index (χ1) is 22.7. The van der Waals surface area contributed by atoms with Crippen LogP contribution in [0.1, 0.15) is 18.4 Å². The molecule has 4 N–H and O–H groups in total. The number of anilines is 2. The quantitative estimate of drug-likeness (QED) is 0.187. The van der Waals surface area contributed by atoms with Crippen molar-refractivity contribution >= 4 is 40.0 Å². The number of aromatic nitrogens is 3. The molecule has 47 heavy (non-hydrogen) atoms. The Balaban J connectivity index is 1.05. The Morgan fingerprint density at radius 1 is 1.04 bits per heavy atom. The number of nitrogens with one attached hydrogen (secondary N) is 4. The largest absolute Gasteiger partial charge is 0.496 e. The molecule has 0 saturated carbocycles. The summed E-state index contributed by atoms with van der Waals surface area (Å²) in [6.07, 6.45) is 4.17. The van der Waals surface area contributed by atoms with Gasteiger partial charge >= 0.3 is 0 Å². The number of hydrogen-bond donors (Lipinski definition) is 4. The van der Waals surface area contributed by atoms with Gasteiger partial charge in [-0.25, -0.2) is 0 Å². The third kappa shape index (κ3) is 6.63. The van der Waals surface area contributed by atoms with Gasteiger partial charge in [0.2, 0.25) is 17.7 Å². The first-order valence-corrected chi connectivity index (χ1v) is 15.5. The van der Waals surface area contributed by atoms with Gasteiger partial charge in [-0.15, -0.1) is 0 Å². The van der Waals surface area contributed by atoms with Crippen LogP contribution in [0.3, 0.4) is 0 Å². The topological polar surface area (TPSA) is 163 Å². The van der Waals surface area contributed by atoms with E-state index in [-0.39, 0.29) is 29.8 Å². The molecule has 246 valence electrons. The van der Waals surface area contributed by atoms with Gasteiger partial charge in [-0.3, -0.25) is 29.6 Å². The lowest BCUT2D eigenvalue weighted by atomic mass is 10.0. The third-order valence-electron chi connectivity index (χ3n) is 8.71. The van der Waals surface area contributed by atoms with Crippen LogP contribution in [0.25, 0.3) is 22.0 Å². The summed E-state index contributed by atoms with van der Waals surface area (Å²) in [4.78, 5) is 53.3. The number of carbonyl (C=O) groups is 3. The van der Waals surface area contributed by atoms with Gasteiger partial charge < -0.3 is 34.5 Å². The normalized spacial score (nSPS) is 16.7. The van der Waals surface area contributed by atoms with Crippen molar-refractivity contribution in [2.24, 2.45) is 7.05 Å². The van der Waals surface area contributed by atoms with Gasteiger partial charge in [0.1, 0.15) is 23.1 Å². The van der Waals surface area contributed by atoms with Gasteiger partial charge in [0.15, 0.2) is 0 Å². The summed E-state index contributed by atoms with van der Waals surface area (Å²) in [6, 6.07) is 11.2. The van der Waals surface area contributed by atoms with Crippen molar-refractivity contribution in [2.45, 2.75) is 25.4 Å². The number of pyridine rings is 1. The molecule has 2 aromatic carbocycles. The van der Waals surface area contributed by atoms with Gasteiger partial charge in [-0.05, 0) is 42.3 Å². The molecule has 2 aliphatic rings. The smallest absolute Gasteiger partial charge is 0.276 e. The van der Waals surface area contributed by atoms with E-state index < -0.39 is 6.04 Å². The highest BCUT2D eigenvalue weighted by atomic mass is 16.5. The van der Waals surface area contributed by atoms with Gasteiger partial charge in [0, 0.05) is 80.3 Å². The molecule has 6 rings (SSSR count). The second-order valence-electron chi connectivity index (χ2n) is 11.6. The third-order valence-corrected chi connectivity index (χ3v) is 8.71. The van der Waals surface area contributed by atoms with E-state index in [4.69, 9.17) is 9.47 Å². The van der Waals surface area contributed by atoms with E-state index in [1.165, 1.54) is 4.57 Å². The molecule has 1 unspecified atom stereocenters. The lowest BCUT2D eigenvalue weighted by molar-refractivity contribution is -0.134. The van der Waals surface area contributed by atoms with Crippen LogP contribution in [-0.4, -0.2) is 90.4 Å². The molecule has 2 aromatic heterocycles. The number of aromatic amines is 1. The second-order valence-corrected chi connectivity index (χ2v) is 11.6. The molecule has 4 aromatic rings. The Hall–Kier alpha value is -5.37. The van der Waals surface area contributed by atoms with Crippen LogP contribution in [-0.2, 0) is 28.0 Å². The van der Waals surface area contributed by atoms with Gasteiger partial charge in [0.05, 0.1) is 27.0 Å². The number of rotatable bonds is 10. The second kappa shape index (κ2) is 13.5. The SMILES string of the molecule is COc1cc(-c2cn(C)c(=O)c3[nH]ncc23)cc(OC)c1CNCC(=O)N1CCN(c2cccc(NC3CCC(=O)NC3=O)c2)CC1. The number of benzene rings is 2. The number of amides is 3. The fraction of sp³-hybridized carbons (Fsp3) is 0.364. The molecule has 2 saturated heterocycles. The summed E-state index contributed by atoms with van der Waals surface area (Å²) in [5.74, 6) is 0.632. The monoisotopic (exact) mass is 642 g/mol. The predicted octanol–water partition coefficient (Wildman–Crippen LogP) is 1.60. The molecule has 0 spiro atoms. The molecule has 14 nitrogen and oxygen atoms in total. The summed E-state index contributed by atoms with van der Waals surface area (Å²) >= 11 is 0. The van der Waals surface area contributed by atoms with E-state index in [2.05, 4.69) is 31.0 Å². The average Bonchev–Trinajstić information content (AvgIpc) is 3.58. The minimum Gasteiger partial charge on any atom is -0.496 e. The molecule has 4 heterocycles. The number of fused-ring (bicyclic) bond motifs is 1. The van der Waals surface area contributed by atoms with Crippen molar-refractivity contribution in [3.8, 4) is 22.6 Å². The molecule has 2 fully saturated rings. The van der Waals surface area contributed by atoms with Crippen molar-refractivity contribution in [2.75, 3.05) is 57.2 Å². The van der Waals surface area contributed by atoms with Crippen LogP contribution in [0.15, 0.2) is 53.6 Å². The lowest BCUT2D eigenvalue weighted by Crippen LogP contribution is -2.50. The summed E-state index contributed by atoms with van der Waals surface area (Å²) in [7, 11) is 4.86. The predicted molar refractivity (Wildman–Crippen MR) is 177 cm³/mol. The number of hydrogen-bond acceptors (Lipinski definition) is 10. The number of ether oxygens (including phenoxy) is 2. The fourth-order valence-corrected chi connectivity index (χ4v) is 6.14.